The molecule has 1 amide bonds. The first-order valence-electron chi connectivity index (χ1n) is 11.7. The quantitative estimate of drug-likeness (QED) is 0.469. The Labute approximate surface area is 209 Å². The number of nitrogens with one attached hydrogen (secondary N) is 2. The molecule has 1 aliphatic heterocycles. The minimum atomic E-state index is -0.509. The van der Waals surface area contributed by atoms with Crippen LogP contribution in [-0.2, 0) is 4.79 Å². The van der Waals surface area contributed by atoms with Crippen LogP contribution in [0.4, 0.5) is 11.5 Å². The molecular weight excluding hydrogens is 464 g/mol. The van der Waals surface area contributed by atoms with Gasteiger partial charge in [0.25, 0.3) is 5.91 Å². The summed E-state index contributed by atoms with van der Waals surface area (Å²) in [5.41, 5.74) is 3.09. The molecule has 1 aromatic heterocycles. The molecule has 0 radical (unpaired) electrons. The molecule has 0 fully saturated rings. The molecule has 7 nitrogen and oxygen atoms in total. The maximum atomic E-state index is 13.3. The summed E-state index contributed by atoms with van der Waals surface area (Å²) in [4.78, 5) is 26.6. The summed E-state index contributed by atoms with van der Waals surface area (Å²) in [7, 11) is 0. The van der Waals surface area contributed by atoms with Gasteiger partial charge in [-0.1, -0.05) is 43.6 Å². The van der Waals surface area contributed by atoms with Gasteiger partial charge in [0.05, 0.1) is 12.8 Å². The number of ether oxygens (including phenoxy) is 1. The highest BCUT2D eigenvalue weighted by Crippen LogP contribution is 2.47. The van der Waals surface area contributed by atoms with E-state index in [-0.39, 0.29) is 17.1 Å². The number of allylic oxidation sites excluding steroid dienone is 2. The Kier molecular flexibility index (Phi) is 5.89. The number of carbonyl (C=O) groups is 2. The number of carbonyl (C=O) groups excluding carboxylic acids is 2. The van der Waals surface area contributed by atoms with Crippen molar-refractivity contribution in [1.82, 2.24) is 9.78 Å². The number of ketones is 1. The predicted octanol–water partition coefficient (Wildman–Crippen LogP) is 5.85. The minimum absolute atomic E-state index is 0.0650. The second-order valence-corrected chi connectivity index (χ2v) is 10.1. The summed E-state index contributed by atoms with van der Waals surface area (Å²) in [5.74, 6) is 1.05. The van der Waals surface area contributed by atoms with Gasteiger partial charge in [0.15, 0.2) is 5.78 Å². The van der Waals surface area contributed by atoms with Crippen LogP contribution < -0.4 is 15.4 Å². The van der Waals surface area contributed by atoms with Gasteiger partial charge in [-0.2, -0.15) is 5.10 Å². The molecule has 2 aromatic carbocycles. The van der Waals surface area contributed by atoms with Crippen molar-refractivity contribution in [2.24, 2.45) is 5.41 Å². The van der Waals surface area contributed by atoms with Gasteiger partial charge in [-0.25, -0.2) is 4.68 Å². The molecule has 8 heteroatoms. The van der Waals surface area contributed by atoms with Gasteiger partial charge in [0.2, 0.25) is 0 Å². The number of hydrogen-bond acceptors (Lipinski definition) is 5. The average molecular weight is 491 g/mol. The van der Waals surface area contributed by atoms with Gasteiger partial charge in [0, 0.05) is 28.4 Å². The van der Waals surface area contributed by atoms with Crippen LogP contribution >= 0.6 is 11.6 Å². The number of rotatable bonds is 5. The van der Waals surface area contributed by atoms with Gasteiger partial charge in [-0.05, 0) is 54.7 Å². The molecular formula is C27H27ClN4O3. The molecule has 180 valence electrons. The first-order chi connectivity index (χ1) is 16.8. The average Bonchev–Trinajstić information content (AvgIpc) is 3.22. The van der Waals surface area contributed by atoms with E-state index < -0.39 is 6.04 Å². The van der Waals surface area contributed by atoms with Crippen molar-refractivity contribution in [3.8, 4) is 5.75 Å². The van der Waals surface area contributed by atoms with Gasteiger partial charge >= 0.3 is 0 Å². The van der Waals surface area contributed by atoms with E-state index >= 15 is 0 Å². The highest BCUT2D eigenvalue weighted by molar-refractivity contribution is 6.31. The summed E-state index contributed by atoms with van der Waals surface area (Å²) in [6.45, 7) is 6.64. The molecule has 3 aromatic rings. The third kappa shape index (κ3) is 4.32. The summed E-state index contributed by atoms with van der Waals surface area (Å²) in [6.07, 6.45) is 2.65. The molecule has 1 atom stereocenters. The van der Waals surface area contributed by atoms with Gasteiger partial charge in [-0.3, -0.25) is 9.59 Å². The highest BCUT2D eigenvalue weighted by atomic mass is 35.5. The van der Waals surface area contributed by atoms with Crippen molar-refractivity contribution in [1.29, 1.82) is 0 Å². The maximum absolute atomic E-state index is 13.3. The molecule has 1 unspecified atom stereocenters. The fourth-order valence-corrected chi connectivity index (χ4v) is 5.10. The van der Waals surface area contributed by atoms with Crippen LogP contribution in [0.25, 0.3) is 0 Å². The molecule has 0 saturated heterocycles. The highest BCUT2D eigenvalue weighted by Gasteiger charge is 2.42. The molecule has 0 saturated carbocycles. The van der Waals surface area contributed by atoms with E-state index in [1.165, 1.54) is 6.20 Å². The van der Waals surface area contributed by atoms with E-state index in [0.29, 0.717) is 47.1 Å². The van der Waals surface area contributed by atoms with E-state index in [9.17, 15) is 9.59 Å². The number of amides is 1. The number of hydrogen-bond donors (Lipinski definition) is 2. The van der Waals surface area contributed by atoms with Crippen molar-refractivity contribution in [3.63, 3.8) is 0 Å². The standard InChI is InChI=1S/C27H27ClN4O3/c1-4-35-17-11-9-16(10-12-17)30-26(34)19-15-29-32-24(18-7-5-6-8-20(18)28)23-21(31-25(19)32)13-27(2,3)14-22(23)33/h5-12,15,24,31H,4,13-14H2,1-3H3,(H,30,34). The molecule has 5 rings (SSSR count). The Hall–Kier alpha value is -3.58. The van der Waals surface area contributed by atoms with Crippen LogP contribution in [0.5, 0.6) is 5.75 Å². The van der Waals surface area contributed by atoms with Crippen LogP contribution in [0.2, 0.25) is 5.02 Å². The number of aromatic nitrogens is 2. The maximum Gasteiger partial charge on any atom is 0.261 e. The lowest BCUT2D eigenvalue weighted by Crippen LogP contribution is -2.37. The van der Waals surface area contributed by atoms with Crippen molar-refractivity contribution in [2.75, 3.05) is 17.2 Å². The van der Waals surface area contributed by atoms with E-state index in [1.54, 1.807) is 22.9 Å². The zero-order valence-corrected chi connectivity index (χ0v) is 20.6. The molecule has 2 N–H and O–H groups in total. The third-order valence-electron chi connectivity index (χ3n) is 6.37. The fourth-order valence-electron chi connectivity index (χ4n) is 4.86. The first-order valence-corrected chi connectivity index (χ1v) is 12.0. The Morgan fingerprint density at radius 2 is 1.94 bits per heavy atom. The second-order valence-electron chi connectivity index (χ2n) is 9.65. The molecule has 1 aliphatic carbocycles. The molecule has 2 aliphatic rings. The Bertz CT molecular complexity index is 1340. The summed E-state index contributed by atoms with van der Waals surface area (Å²) < 4.78 is 7.17. The van der Waals surface area contributed by atoms with Crippen LogP contribution in [0.1, 0.15) is 55.6 Å². The van der Waals surface area contributed by atoms with Crippen LogP contribution in [0, 0.1) is 5.41 Å². The Morgan fingerprint density at radius 1 is 1.20 bits per heavy atom. The number of benzene rings is 2. The summed E-state index contributed by atoms with van der Waals surface area (Å²) in [6, 6.07) is 14.2. The van der Waals surface area contributed by atoms with Crippen LogP contribution in [0.15, 0.2) is 66.0 Å². The monoisotopic (exact) mass is 490 g/mol. The summed E-state index contributed by atoms with van der Waals surface area (Å²) >= 11 is 6.59. The van der Waals surface area contributed by atoms with Crippen molar-refractivity contribution in [2.45, 2.75) is 39.7 Å². The van der Waals surface area contributed by atoms with Crippen LogP contribution in [0.3, 0.4) is 0 Å². The third-order valence-corrected chi connectivity index (χ3v) is 6.71. The Balaban J connectivity index is 1.54. The van der Waals surface area contributed by atoms with E-state index in [1.807, 2.05) is 37.3 Å². The Morgan fingerprint density at radius 3 is 2.66 bits per heavy atom. The minimum Gasteiger partial charge on any atom is -0.494 e. The number of halogens is 1. The number of anilines is 2. The van der Waals surface area contributed by atoms with Gasteiger partial charge in [-0.15, -0.1) is 0 Å². The number of nitrogens with zero attached hydrogens (tertiary/aromatic N) is 2. The van der Waals surface area contributed by atoms with Crippen molar-refractivity contribution >= 4 is 34.8 Å². The fraction of sp³-hybridized carbons (Fsp3) is 0.296. The SMILES string of the molecule is CCOc1ccc(NC(=O)c2cnn3c2NC2=C(C(=O)CC(C)(C)C2)C3c2ccccc2Cl)cc1. The molecule has 0 spiro atoms. The second kappa shape index (κ2) is 8.89. The predicted molar refractivity (Wildman–Crippen MR) is 136 cm³/mol. The lowest BCUT2D eigenvalue weighted by molar-refractivity contribution is -0.118. The lowest BCUT2D eigenvalue weighted by Gasteiger charge is -2.39. The molecule has 35 heavy (non-hydrogen) atoms. The summed E-state index contributed by atoms with van der Waals surface area (Å²) in [5, 5.41) is 11.4. The number of fused-ring (bicyclic) bond motifs is 1. The lowest BCUT2D eigenvalue weighted by atomic mass is 9.73. The normalized spacial score (nSPS) is 18.4. The smallest absolute Gasteiger partial charge is 0.261 e. The zero-order chi connectivity index (χ0) is 24.7. The van der Waals surface area contributed by atoms with Gasteiger partial charge in [0.1, 0.15) is 23.2 Å². The van der Waals surface area contributed by atoms with E-state index in [4.69, 9.17) is 16.3 Å². The zero-order valence-electron chi connectivity index (χ0n) is 19.9. The van der Waals surface area contributed by atoms with Crippen molar-refractivity contribution < 1.29 is 14.3 Å². The molecule has 2 heterocycles. The van der Waals surface area contributed by atoms with E-state index in [2.05, 4.69) is 29.6 Å². The first kappa shape index (κ1) is 23.2. The molecule has 0 bridgehead atoms. The van der Waals surface area contributed by atoms with E-state index in [0.717, 1.165) is 17.0 Å². The van der Waals surface area contributed by atoms with Crippen LogP contribution in [-0.4, -0.2) is 28.1 Å². The van der Waals surface area contributed by atoms with Gasteiger partial charge < -0.3 is 15.4 Å². The van der Waals surface area contributed by atoms with Crippen molar-refractivity contribution in [3.05, 3.63) is 82.1 Å². The number of Topliss-reactive ketones (excluding diaryl/α,β-unsaturated/α-hetero) is 1. The topological polar surface area (TPSA) is 85.2 Å². The largest absolute Gasteiger partial charge is 0.494 e.